The molecule has 2 heteroatoms. The van der Waals surface area contributed by atoms with Gasteiger partial charge in [-0.3, -0.25) is 10.9 Å². The first-order valence-electron chi connectivity index (χ1n) is 18.8. The maximum Gasteiger partial charge on any atom is 0.00997 e. The lowest BCUT2D eigenvalue weighted by Crippen LogP contribution is -2.33. The molecule has 0 aromatic carbocycles. The molecule has 0 aliphatic rings. The normalized spacial score (nSPS) is 10.1. The molecule has 0 aromatic heterocycles. The van der Waals surface area contributed by atoms with Crippen molar-refractivity contribution in [3.8, 4) is 47.4 Å². The molecule has 0 bridgehead atoms. The number of hydrogen-bond donors (Lipinski definition) is 2. The van der Waals surface area contributed by atoms with Gasteiger partial charge in [0.25, 0.3) is 0 Å². The average Bonchev–Trinajstić information content (AvgIpc) is 3.02. The topological polar surface area (TPSA) is 24.1 Å². The van der Waals surface area contributed by atoms with Crippen molar-refractivity contribution in [3.05, 3.63) is 0 Å². The van der Waals surface area contributed by atoms with Crippen molar-refractivity contribution in [1.82, 2.24) is 10.9 Å². The van der Waals surface area contributed by atoms with E-state index in [1.165, 1.54) is 161 Å². The van der Waals surface area contributed by atoms with Gasteiger partial charge in [0.15, 0.2) is 0 Å². The Morgan fingerprint density at radius 3 is 0.837 bits per heavy atom. The molecule has 0 amide bonds. The molecule has 43 heavy (non-hydrogen) atoms. The fourth-order valence-electron chi connectivity index (χ4n) is 5.04. The van der Waals surface area contributed by atoms with E-state index >= 15 is 0 Å². The molecule has 0 fully saturated rings. The van der Waals surface area contributed by atoms with Gasteiger partial charge in [0, 0.05) is 38.8 Å². The first-order valence-corrected chi connectivity index (χ1v) is 18.8. The third kappa shape index (κ3) is 40.2. The Morgan fingerprint density at radius 1 is 0.279 bits per heavy atom. The molecule has 0 saturated heterocycles. The summed E-state index contributed by atoms with van der Waals surface area (Å²) in [6.07, 6.45) is 37.1. The molecule has 244 valence electrons. The number of hydrazine groups is 1. The number of nitrogens with one attached hydrogen (secondary N) is 2. The predicted octanol–water partition coefficient (Wildman–Crippen LogP) is 11.4. The van der Waals surface area contributed by atoms with Gasteiger partial charge in [0.05, 0.1) is 0 Å². The molecule has 0 spiro atoms. The largest absolute Gasteiger partial charge is 0.258 e. The molecule has 2 N–H and O–H groups in total. The number of unbranched alkanes of at least 4 members (excludes halogenated alkanes) is 25. The quantitative estimate of drug-likeness (QED) is 0.0494. The summed E-state index contributed by atoms with van der Waals surface area (Å²) in [4.78, 5) is 0. The fraction of sp³-hybridized carbons (Fsp3) is 0.805. The van der Waals surface area contributed by atoms with Crippen molar-refractivity contribution in [2.75, 3.05) is 13.1 Å². The van der Waals surface area contributed by atoms with E-state index in [-0.39, 0.29) is 0 Å². The van der Waals surface area contributed by atoms with E-state index in [2.05, 4.69) is 72.1 Å². The minimum Gasteiger partial charge on any atom is -0.258 e. The van der Waals surface area contributed by atoms with Gasteiger partial charge >= 0.3 is 0 Å². The van der Waals surface area contributed by atoms with Gasteiger partial charge in [-0.05, 0) is 62.2 Å². The van der Waals surface area contributed by atoms with Crippen LogP contribution in [0.1, 0.15) is 200 Å². The van der Waals surface area contributed by atoms with Crippen LogP contribution in [0, 0.1) is 47.4 Å². The lowest BCUT2D eigenvalue weighted by Gasteiger charge is -2.07. The Bertz CT molecular complexity index is 798. The van der Waals surface area contributed by atoms with Crippen LogP contribution in [0.4, 0.5) is 0 Å². The van der Waals surface area contributed by atoms with E-state index in [1.54, 1.807) is 0 Å². The first-order chi connectivity index (χ1) is 21.4. The van der Waals surface area contributed by atoms with E-state index in [0.717, 1.165) is 38.8 Å². The Balaban J connectivity index is 3.21. The van der Waals surface area contributed by atoms with Gasteiger partial charge in [-0.25, -0.2) is 0 Å². The molecule has 0 aliphatic heterocycles. The summed E-state index contributed by atoms with van der Waals surface area (Å²) in [5.41, 5.74) is 6.80. The highest BCUT2D eigenvalue weighted by Crippen LogP contribution is 2.10. The number of rotatable bonds is 30. The highest BCUT2D eigenvalue weighted by atomic mass is 15.3. The van der Waals surface area contributed by atoms with Gasteiger partial charge in [-0.15, -0.1) is 0 Å². The van der Waals surface area contributed by atoms with Crippen molar-refractivity contribution in [1.29, 1.82) is 0 Å². The summed E-state index contributed by atoms with van der Waals surface area (Å²) in [6.45, 7) is 6.68. The second-order valence-electron chi connectivity index (χ2n) is 12.2. The summed E-state index contributed by atoms with van der Waals surface area (Å²) >= 11 is 0. The summed E-state index contributed by atoms with van der Waals surface area (Å²) in [6, 6.07) is 0. The van der Waals surface area contributed by atoms with Crippen LogP contribution in [-0.2, 0) is 0 Å². The van der Waals surface area contributed by atoms with Crippen LogP contribution in [0.3, 0.4) is 0 Å². The van der Waals surface area contributed by atoms with Gasteiger partial charge < -0.3 is 0 Å². The second-order valence-corrected chi connectivity index (χ2v) is 12.2. The zero-order valence-corrected chi connectivity index (χ0v) is 28.9. The summed E-state index contributed by atoms with van der Waals surface area (Å²) < 4.78 is 0. The monoisotopic (exact) mass is 591 g/mol. The van der Waals surface area contributed by atoms with Crippen LogP contribution in [0.5, 0.6) is 0 Å². The Kier molecular flexibility index (Phi) is 38.4. The molecule has 0 saturated carbocycles. The summed E-state index contributed by atoms with van der Waals surface area (Å²) in [5, 5.41) is 0. The van der Waals surface area contributed by atoms with Crippen LogP contribution in [0.15, 0.2) is 0 Å². The van der Waals surface area contributed by atoms with Crippen molar-refractivity contribution in [2.24, 2.45) is 0 Å². The van der Waals surface area contributed by atoms with Crippen LogP contribution >= 0.6 is 0 Å². The minimum atomic E-state index is 1.00. The summed E-state index contributed by atoms with van der Waals surface area (Å²) in [7, 11) is 0. The highest BCUT2D eigenvalue weighted by molar-refractivity contribution is 5.26. The van der Waals surface area contributed by atoms with Gasteiger partial charge in [0.2, 0.25) is 0 Å². The Hall–Kier alpha value is -1.84. The maximum atomic E-state index is 3.40. The number of hydrogen-bond acceptors (Lipinski definition) is 2. The molecule has 0 aliphatic carbocycles. The zero-order valence-electron chi connectivity index (χ0n) is 28.9. The van der Waals surface area contributed by atoms with Crippen molar-refractivity contribution < 1.29 is 0 Å². The third-order valence-electron chi connectivity index (χ3n) is 7.87. The molecule has 2 nitrogen and oxygen atoms in total. The first kappa shape index (κ1) is 41.2. The molecule has 0 heterocycles. The molecule has 0 atom stereocenters. The Morgan fingerprint density at radius 2 is 0.512 bits per heavy atom. The average molecular weight is 591 g/mol. The second kappa shape index (κ2) is 40.2. The van der Waals surface area contributed by atoms with E-state index in [4.69, 9.17) is 0 Å². The lowest BCUT2D eigenvalue weighted by atomic mass is 10.1. The minimum absolute atomic E-state index is 1.00. The third-order valence-corrected chi connectivity index (χ3v) is 7.87. The molecule has 0 rings (SSSR count). The molecule has 0 radical (unpaired) electrons. The summed E-state index contributed by atoms with van der Waals surface area (Å²) in [5.74, 6) is 24.9. The van der Waals surface area contributed by atoms with Gasteiger partial charge in [-0.2, -0.15) is 0 Å². The van der Waals surface area contributed by atoms with Gasteiger partial charge in [0.1, 0.15) is 0 Å². The van der Waals surface area contributed by atoms with E-state index in [9.17, 15) is 0 Å². The van der Waals surface area contributed by atoms with Crippen LogP contribution in [-0.4, -0.2) is 13.1 Å². The maximum absolute atomic E-state index is 3.40. The SMILES string of the molecule is CCCCCC#CC#CCCCCCCCCCNNCCCCCCCCCC#CC#CCCCCCCCCCC. The van der Waals surface area contributed by atoms with E-state index in [0.29, 0.717) is 0 Å². The molecular weight excluding hydrogens is 520 g/mol. The standard InChI is InChI=1S/C41H70N2/c1-3-5-7-9-11-13-15-17-19-21-22-23-24-25-27-29-31-33-35-37-39-41-43-42-40-38-36-34-32-30-28-26-20-18-16-14-12-10-8-6-4-2/h42-43H,3-11,13,15,17,19-20,25-41H2,1-2H3. The van der Waals surface area contributed by atoms with Crippen LogP contribution in [0.2, 0.25) is 0 Å². The van der Waals surface area contributed by atoms with Crippen molar-refractivity contribution >= 4 is 0 Å². The van der Waals surface area contributed by atoms with Crippen LogP contribution in [0.25, 0.3) is 0 Å². The van der Waals surface area contributed by atoms with Gasteiger partial charge in [-0.1, -0.05) is 160 Å². The molecular formula is C41H70N2. The van der Waals surface area contributed by atoms with E-state index < -0.39 is 0 Å². The van der Waals surface area contributed by atoms with Crippen molar-refractivity contribution in [3.63, 3.8) is 0 Å². The zero-order chi connectivity index (χ0) is 31.0. The smallest absolute Gasteiger partial charge is 0.00997 e. The molecule has 0 unspecified atom stereocenters. The lowest BCUT2D eigenvalue weighted by molar-refractivity contribution is 0.479. The Labute approximate surface area is 270 Å². The predicted molar refractivity (Wildman–Crippen MR) is 192 cm³/mol. The highest BCUT2D eigenvalue weighted by Gasteiger charge is 1.94. The fourth-order valence-corrected chi connectivity index (χ4v) is 5.04. The van der Waals surface area contributed by atoms with Crippen LogP contribution < -0.4 is 10.9 Å². The van der Waals surface area contributed by atoms with Crippen molar-refractivity contribution in [2.45, 2.75) is 200 Å². The van der Waals surface area contributed by atoms with E-state index in [1.807, 2.05) is 0 Å². The molecule has 0 aromatic rings.